The lowest BCUT2D eigenvalue weighted by atomic mass is 10.0. The van der Waals surface area contributed by atoms with Gasteiger partial charge in [0.15, 0.2) is 0 Å². The molecule has 2 unspecified atom stereocenters. The van der Waals surface area contributed by atoms with E-state index < -0.39 is 0 Å². The van der Waals surface area contributed by atoms with E-state index >= 15 is 0 Å². The lowest BCUT2D eigenvalue weighted by Crippen LogP contribution is -2.13. The molecule has 1 rings (SSSR count). The van der Waals surface area contributed by atoms with Crippen molar-refractivity contribution in [2.75, 3.05) is 7.11 Å². The maximum absolute atomic E-state index is 6.06. The van der Waals surface area contributed by atoms with Gasteiger partial charge in [0.05, 0.1) is 6.10 Å². The molecule has 0 bridgehead atoms. The first kappa shape index (κ1) is 11.7. The van der Waals surface area contributed by atoms with E-state index in [0.717, 1.165) is 12.8 Å². The smallest absolute Gasteiger partial charge is 0.0543 e. The van der Waals surface area contributed by atoms with Gasteiger partial charge in [0.2, 0.25) is 0 Å². The molecule has 0 aliphatic heterocycles. The van der Waals surface area contributed by atoms with E-state index in [9.17, 15) is 0 Å². The van der Waals surface area contributed by atoms with Crippen molar-refractivity contribution < 1.29 is 4.74 Å². The van der Waals surface area contributed by atoms with E-state index in [0.29, 0.717) is 6.10 Å². The van der Waals surface area contributed by atoms with Crippen LogP contribution in [0.2, 0.25) is 0 Å². The first-order valence-electron chi connectivity index (χ1n) is 4.97. The van der Waals surface area contributed by atoms with Crippen LogP contribution in [0.5, 0.6) is 0 Å². The summed E-state index contributed by atoms with van der Waals surface area (Å²) in [6, 6.07) is 2.34. The van der Waals surface area contributed by atoms with Crippen LogP contribution in [0.4, 0.5) is 0 Å². The molecule has 1 aromatic rings. The highest BCUT2D eigenvalue weighted by Gasteiger charge is 2.09. The fourth-order valence-electron chi connectivity index (χ4n) is 1.36. The number of hydrogen-bond acceptors (Lipinski definition) is 3. The van der Waals surface area contributed by atoms with Crippen LogP contribution in [0, 0.1) is 6.92 Å². The van der Waals surface area contributed by atoms with E-state index in [1.807, 2.05) is 0 Å². The largest absolute Gasteiger partial charge is 0.382 e. The van der Waals surface area contributed by atoms with Crippen molar-refractivity contribution in [2.24, 2.45) is 5.73 Å². The minimum Gasteiger partial charge on any atom is -0.382 e. The average molecular weight is 213 g/mol. The Morgan fingerprint density at radius 3 is 2.71 bits per heavy atom. The Balaban J connectivity index is 2.39. The van der Waals surface area contributed by atoms with Gasteiger partial charge in [0, 0.05) is 18.0 Å². The van der Waals surface area contributed by atoms with Gasteiger partial charge in [-0.3, -0.25) is 0 Å². The Kier molecular flexibility index (Phi) is 4.58. The van der Waals surface area contributed by atoms with Crippen molar-refractivity contribution >= 4 is 11.3 Å². The van der Waals surface area contributed by atoms with Crippen LogP contribution in [0.3, 0.4) is 0 Å². The zero-order valence-corrected chi connectivity index (χ0v) is 9.93. The van der Waals surface area contributed by atoms with Gasteiger partial charge in [-0.2, -0.15) is 0 Å². The summed E-state index contributed by atoms with van der Waals surface area (Å²) >= 11 is 1.76. The van der Waals surface area contributed by atoms with Gasteiger partial charge in [-0.1, -0.05) is 0 Å². The first-order valence-corrected chi connectivity index (χ1v) is 5.85. The molecule has 0 fully saturated rings. The molecular weight excluding hydrogens is 194 g/mol. The number of nitrogens with two attached hydrogens (primary N) is 1. The summed E-state index contributed by atoms with van der Waals surface area (Å²) in [5.74, 6) is 0. The summed E-state index contributed by atoms with van der Waals surface area (Å²) in [6.45, 7) is 4.18. The SMILES string of the molecule is COC(C)CCC(N)c1csc(C)c1. The molecule has 0 aliphatic rings. The molecule has 14 heavy (non-hydrogen) atoms. The maximum atomic E-state index is 6.06. The highest BCUT2D eigenvalue weighted by Crippen LogP contribution is 2.22. The van der Waals surface area contributed by atoms with E-state index in [1.54, 1.807) is 18.4 Å². The summed E-state index contributed by atoms with van der Waals surface area (Å²) in [6.07, 6.45) is 2.32. The second-order valence-corrected chi connectivity index (χ2v) is 4.84. The van der Waals surface area contributed by atoms with E-state index in [1.165, 1.54) is 10.4 Å². The molecular formula is C11H19NOS. The summed E-state index contributed by atoms with van der Waals surface area (Å²) in [5.41, 5.74) is 7.32. The van der Waals surface area contributed by atoms with Crippen LogP contribution in [0.15, 0.2) is 11.4 Å². The Labute approximate surface area is 90.1 Å². The standard InChI is InChI=1S/C11H19NOS/c1-8(13-3)4-5-11(12)10-6-9(2)14-7-10/h6-8,11H,4-5,12H2,1-3H3. The molecule has 0 spiro atoms. The predicted molar refractivity (Wildman–Crippen MR) is 61.7 cm³/mol. The highest BCUT2D eigenvalue weighted by molar-refractivity contribution is 7.10. The highest BCUT2D eigenvalue weighted by atomic mass is 32.1. The van der Waals surface area contributed by atoms with Gasteiger partial charge in [0.1, 0.15) is 0 Å². The minimum atomic E-state index is 0.164. The van der Waals surface area contributed by atoms with Gasteiger partial charge < -0.3 is 10.5 Å². The predicted octanol–water partition coefficient (Wildman–Crippen LogP) is 2.87. The average Bonchev–Trinajstić information content (AvgIpc) is 2.60. The lowest BCUT2D eigenvalue weighted by Gasteiger charge is -2.13. The van der Waals surface area contributed by atoms with Crippen molar-refractivity contribution in [3.05, 3.63) is 21.9 Å². The third-order valence-electron chi connectivity index (χ3n) is 2.47. The lowest BCUT2D eigenvalue weighted by molar-refractivity contribution is 0.107. The van der Waals surface area contributed by atoms with Crippen LogP contribution in [0.25, 0.3) is 0 Å². The minimum absolute atomic E-state index is 0.164. The zero-order chi connectivity index (χ0) is 10.6. The Bertz CT molecular complexity index is 272. The molecule has 2 N–H and O–H groups in total. The normalized spacial score (nSPS) is 15.4. The summed E-state index contributed by atoms with van der Waals surface area (Å²) in [7, 11) is 1.74. The molecule has 0 amide bonds. The van der Waals surface area contributed by atoms with Crippen LogP contribution in [-0.4, -0.2) is 13.2 Å². The molecule has 0 aliphatic carbocycles. The Hall–Kier alpha value is -0.380. The van der Waals surface area contributed by atoms with Gasteiger partial charge in [0.25, 0.3) is 0 Å². The van der Waals surface area contributed by atoms with E-state index in [-0.39, 0.29) is 6.04 Å². The number of methoxy groups -OCH3 is 1. The molecule has 2 atom stereocenters. The third-order valence-corrected chi connectivity index (χ3v) is 3.35. The van der Waals surface area contributed by atoms with Crippen molar-refractivity contribution in [2.45, 2.75) is 38.8 Å². The molecule has 80 valence electrons. The van der Waals surface area contributed by atoms with Crippen LogP contribution in [0.1, 0.15) is 36.2 Å². The second kappa shape index (κ2) is 5.49. The number of hydrogen-bond donors (Lipinski definition) is 1. The quantitative estimate of drug-likeness (QED) is 0.816. The van der Waals surface area contributed by atoms with E-state index in [4.69, 9.17) is 10.5 Å². The van der Waals surface area contributed by atoms with Gasteiger partial charge in [-0.15, -0.1) is 11.3 Å². The summed E-state index contributed by atoms with van der Waals surface area (Å²) < 4.78 is 5.19. The summed E-state index contributed by atoms with van der Waals surface area (Å²) in [5, 5.41) is 2.15. The second-order valence-electron chi connectivity index (χ2n) is 3.72. The topological polar surface area (TPSA) is 35.2 Å². The fraction of sp³-hybridized carbons (Fsp3) is 0.636. The molecule has 1 aromatic heterocycles. The molecule has 0 saturated carbocycles. The number of rotatable bonds is 5. The maximum Gasteiger partial charge on any atom is 0.0543 e. The van der Waals surface area contributed by atoms with Crippen LogP contribution in [-0.2, 0) is 4.74 Å². The molecule has 0 radical (unpaired) electrons. The zero-order valence-electron chi connectivity index (χ0n) is 9.12. The number of aryl methyl sites for hydroxylation is 1. The first-order chi connectivity index (χ1) is 6.63. The number of thiophene rings is 1. The fourth-order valence-corrected chi connectivity index (χ4v) is 2.13. The van der Waals surface area contributed by atoms with Crippen LogP contribution >= 0.6 is 11.3 Å². The van der Waals surface area contributed by atoms with E-state index in [2.05, 4.69) is 25.3 Å². The Morgan fingerprint density at radius 2 is 2.21 bits per heavy atom. The van der Waals surface area contributed by atoms with Crippen LogP contribution < -0.4 is 5.73 Å². The van der Waals surface area contributed by atoms with Gasteiger partial charge >= 0.3 is 0 Å². The Morgan fingerprint density at radius 1 is 1.50 bits per heavy atom. The summed E-state index contributed by atoms with van der Waals surface area (Å²) in [4.78, 5) is 1.33. The molecule has 0 aromatic carbocycles. The molecule has 3 heteroatoms. The third kappa shape index (κ3) is 3.40. The number of ether oxygens (including phenoxy) is 1. The van der Waals surface area contributed by atoms with Gasteiger partial charge in [-0.25, -0.2) is 0 Å². The van der Waals surface area contributed by atoms with Crippen molar-refractivity contribution in [3.8, 4) is 0 Å². The molecule has 2 nitrogen and oxygen atoms in total. The monoisotopic (exact) mass is 213 g/mol. The van der Waals surface area contributed by atoms with Crippen molar-refractivity contribution in [1.29, 1.82) is 0 Å². The molecule has 1 heterocycles. The van der Waals surface area contributed by atoms with Gasteiger partial charge in [-0.05, 0) is 43.7 Å². The molecule has 0 saturated heterocycles. The van der Waals surface area contributed by atoms with Crippen molar-refractivity contribution in [3.63, 3.8) is 0 Å². The van der Waals surface area contributed by atoms with Crippen molar-refractivity contribution in [1.82, 2.24) is 0 Å².